The molecule has 2 rings (SSSR count). The number of nitrogen functional groups attached to an aromatic ring is 1. The van der Waals surface area contributed by atoms with Crippen molar-refractivity contribution in [3.63, 3.8) is 0 Å². The molecule has 7 heteroatoms. The van der Waals surface area contributed by atoms with Crippen LogP contribution in [0.15, 0.2) is 51.8 Å². The molecule has 1 amide bonds. The van der Waals surface area contributed by atoms with Crippen molar-refractivity contribution in [2.45, 2.75) is 4.90 Å². The van der Waals surface area contributed by atoms with Crippen LogP contribution in [0.4, 0.5) is 15.8 Å². The number of benzene rings is 2. The second-order valence-electron chi connectivity index (χ2n) is 4.21. The third kappa shape index (κ3) is 4.12. The Morgan fingerprint density at radius 2 is 2.00 bits per heavy atom. The smallest absolute Gasteiger partial charge is 0.237 e. The molecule has 21 heavy (non-hydrogen) atoms. The molecule has 0 saturated heterocycles. The average Bonchev–Trinajstić information content (AvgIpc) is 2.42. The minimum absolute atomic E-state index is 0.0176. The molecule has 0 aliphatic carbocycles. The van der Waals surface area contributed by atoms with E-state index >= 15 is 0 Å². The van der Waals surface area contributed by atoms with Gasteiger partial charge in [0.2, 0.25) is 5.91 Å². The first-order valence-corrected chi connectivity index (χ1v) is 8.06. The Kier molecular flexibility index (Phi) is 5.08. The van der Waals surface area contributed by atoms with Gasteiger partial charge in [-0.1, -0.05) is 12.1 Å². The summed E-state index contributed by atoms with van der Waals surface area (Å²) >= 11 is 3.27. The summed E-state index contributed by atoms with van der Waals surface area (Å²) in [5.74, 6) is -1.38. The maximum atomic E-state index is 13.5. The van der Waals surface area contributed by atoms with E-state index in [4.69, 9.17) is 5.73 Å². The number of hydrogen-bond acceptors (Lipinski definition) is 3. The number of carbonyl (C=O) groups is 1. The second-order valence-corrected chi connectivity index (χ2v) is 6.48. The number of hydrogen-bond donors (Lipinski definition) is 2. The molecule has 2 aromatic rings. The average molecular weight is 371 g/mol. The van der Waals surface area contributed by atoms with Crippen molar-refractivity contribution in [2.75, 3.05) is 16.8 Å². The fourth-order valence-corrected chi connectivity index (χ4v) is 3.12. The van der Waals surface area contributed by atoms with Crippen molar-refractivity contribution in [2.24, 2.45) is 0 Å². The number of carbonyl (C=O) groups excluding carboxylic acids is 1. The number of halogens is 2. The molecule has 110 valence electrons. The van der Waals surface area contributed by atoms with Crippen LogP contribution in [0.1, 0.15) is 0 Å². The summed E-state index contributed by atoms with van der Waals surface area (Å²) < 4.78 is 26.1. The van der Waals surface area contributed by atoms with Gasteiger partial charge in [-0.2, -0.15) is 0 Å². The van der Waals surface area contributed by atoms with Crippen LogP contribution in [0.2, 0.25) is 0 Å². The Labute approximate surface area is 132 Å². The van der Waals surface area contributed by atoms with E-state index in [0.717, 1.165) is 0 Å². The van der Waals surface area contributed by atoms with E-state index in [1.165, 1.54) is 18.2 Å². The van der Waals surface area contributed by atoms with Gasteiger partial charge in [-0.15, -0.1) is 0 Å². The molecule has 4 nitrogen and oxygen atoms in total. The predicted octanol–water partition coefficient (Wildman–Crippen LogP) is 2.92. The lowest BCUT2D eigenvalue weighted by Gasteiger charge is -2.08. The van der Waals surface area contributed by atoms with E-state index in [0.29, 0.717) is 15.8 Å². The first-order chi connectivity index (χ1) is 9.97. The largest absolute Gasteiger partial charge is 0.399 e. The van der Waals surface area contributed by atoms with E-state index in [1.807, 2.05) is 0 Å². The normalized spacial score (nSPS) is 11.9. The van der Waals surface area contributed by atoms with Crippen LogP contribution in [-0.4, -0.2) is 15.9 Å². The molecule has 0 fully saturated rings. The topological polar surface area (TPSA) is 72.2 Å². The zero-order valence-corrected chi connectivity index (χ0v) is 13.2. The summed E-state index contributed by atoms with van der Waals surface area (Å²) in [5.41, 5.74) is 6.66. The van der Waals surface area contributed by atoms with Gasteiger partial charge in [-0.3, -0.25) is 9.00 Å². The van der Waals surface area contributed by atoms with Gasteiger partial charge in [0, 0.05) is 10.2 Å². The fourth-order valence-electron chi connectivity index (χ4n) is 1.65. The molecule has 3 N–H and O–H groups in total. The highest BCUT2D eigenvalue weighted by Gasteiger charge is 2.14. The van der Waals surface area contributed by atoms with Crippen molar-refractivity contribution in [1.82, 2.24) is 0 Å². The maximum absolute atomic E-state index is 13.5. The van der Waals surface area contributed by atoms with E-state index in [9.17, 15) is 13.4 Å². The SMILES string of the molecule is Nc1ccc(NC(=O)CS(=O)c2ccccc2F)c(Br)c1. The Morgan fingerprint density at radius 3 is 2.67 bits per heavy atom. The van der Waals surface area contributed by atoms with Crippen molar-refractivity contribution in [3.8, 4) is 0 Å². The van der Waals surface area contributed by atoms with Gasteiger partial charge in [-0.25, -0.2) is 4.39 Å². The van der Waals surface area contributed by atoms with Crippen LogP contribution >= 0.6 is 15.9 Å². The molecule has 1 unspecified atom stereocenters. The van der Waals surface area contributed by atoms with Crippen LogP contribution in [0, 0.1) is 5.82 Å². The summed E-state index contributed by atoms with van der Waals surface area (Å²) in [4.78, 5) is 11.9. The molecular formula is C14H12BrFN2O2S. The van der Waals surface area contributed by atoms with Crippen molar-refractivity contribution in [3.05, 3.63) is 52.8 Å². The van der Waals surface area contributed by atoms with Crippen LogP contribution in [-0.2, 0) is 15.6 Å². The Bertz CT molecular complexity index is 709. The van der Waals surface area contributed by atoms with Crippen molar-refractivity contribution >= 4 is 44.0 Å². The monoisotopic (exact) mass is 370 g/mol. The Morgan fingerprint density at radius 1 is 1.29 bits per heavy atom. The van der Waals surface area contributed by atoms with Gasteiger partial charge in [-0.05, 0) is 46.3 Å². The molecule has 0 bridgehead atoms. The van der Waals surface area contributed by atoms with E-state index in [-0.39, 0.29) is 10.6 Å². The van der Waals surface area contributed by atoms with Crippen LogP contribution in [0.5, 0.6) is 0 Å². The minimum atomic E-state index is -1.74. The zero-order chi connectivity index (χ0) is 15.4. The lowest BCUT2D eigenvalue weighted by Crippen LogP contribution is -2.20. The Hall–Kier alpha value is -1.73. The van der Waals surface area contributed by atoms with Crippen LogP contribution < -0.4 is 11.1 Å². The molecule has 0 aliphatic rings. The van der Waals surface area contributed by atoms with Gasteiger partial charge in [0.05, 0.1) is 21.4 Å². The highest BCUT2D eigenvalue weighted by molar-refractivity contribution is 9.10. The summed E-state index contributed by atoms with van der Waals surface area (Å²) in [5, 5.41) is 2.60. The molecule has 0 aliphatic heterocycles. The molecular weight excluding hydrogens is 359 g/mol. The highest BCUT2D eigenvalue weighted by Crippen LogP contribution is 2.24. The highest BCUT2D eigenvalue weighted by atomic mass is 79.9. The first kappa shape index (κ1) is 15.7. The molecule has 1 atom stereocenters. The first-order valence-electron chi connectivity index (χ1n) is 5.95. The number of rotatable bonds is 4. The van der Waals surface area contributed by atoms with E-state index in [2.05, 4.69) is 21.2 Å². The predicted molar refractivity (Wildman–Crippen MR) is 84.9 cm³/mol. The zero-order valence-electron chi connectivity index (χ0n) is 10.8. The lowest BCUT2D eigenvalue weighted by atomic mass is 10.3. The van der Waals surface area contributed by atoms with Gasteiger partial charge in [0.1, 0.15) is 11.6 Å². The quantitative estimate of drug-likeness (QED) is 0.812. The maximum Gasteiger partial charge on any atom is 0.237 e. The molecule has 0 aromatic heterocycles. The molecule has 0 saturated carbocycles. The van der Waals surface area contributed by atoms with Gasteiger partial charge in [0.15, 0.2) is 0 Å². The van der Waals surface area contributed by atoms with E-state index in [1.54, 1.807) is 24.3 Å². The summed E-state index contributed by atoms with van der Waals surface area (Å²) in [7, 11) is -1.74. The standard InChI is InChI=1S/C14H12BrFN2O2S/c15-10-7-9(17)5-6-12(10)18-14(19)8-21(20)13-4-2-1-3-11(13)16/h1-7H,8,17H2,(H,18,19). The molecule has 0 heterocycles. The van der Waals surface area contributed by atoms with Gasteiger partial charge < -0.3 is 11.1 Å². The van der Waals surface area contributed by atoms with Crippen molar-refractivity contribution < 1.29 is 13.4 Å². The summed E-state index contributed by atoms with van der Waals surface area (Å²) in [6.45, 7) is 0. The minimum Gasteiger partial charge on any atom is -0.399 e. The second kappa shape index (κ2) is 6.82. The third-order valence-corrected chi connectivity index (χ3v) is 4.61. The lowest BCUT2D eigenvalue weighted by molar-refractivity contribution is -0.113. The van der Waals surface area contributed by atoms with E-state index < -0.39 is 22.5 Å². The summed E-state index contributed by atoms with van der Waals surface area (Å²) in [6.07, 6.45) is 0. The third-order valence-electron chi connectivity index (χ3n) is 2.61. The van der Waals surface area contributed by atoms with Crippen molar-refractivity contribution in [1.29, 1.82) is 0 Å². The molecule has 0 radical (unpaired) electrons. The number of amides is 1. The number of anilines is 2. The number of nitrogens with one attached hydrogen (secondary N) is 1. The van der Waals surface area contributed by atoms with Gasteiger partial charge >= 0.3 is 0 Å². The van der Waals surface area contributed by atoms with Crippen LogP contribution in [0.3, 0.4) is 0 Å². The number of nitrogens with two attached hydrogens (primary N) is 1. The fraction of sp³-hybridized carbons (Fsp3) is 0.0714. The summed E-state index contributed by atoms with van der Waals surface area (Å²) in [6, 6.07) is 10.6. The molecule has 2 aromatic carbocycles. The molecule has 0 spiro atoms. The van der Waals surface area contributed by atoms with Gasteiger partial charge in [0.25, 0.3) is 0 Å². The Balaban J connectivity index is 2.05. The van der Waals surface area contributed by atoms with Crippen LogP contribution in [0.25, 0.3) is 0 Å².